The minimum atomic E-state index is -0.524. The lowest BCUT2D eigenvalue weighted by Crippen LogP contribution is -2.40. The number of hydrazine groups is 1. The molecule has 118 valence electrons. The smallest absolute Gasteiger partial charge is 0.268 e. The summed E-state index contributed by atoms with van der Waals surface area (Å²) in [4.78, 5) is 23.6. The lowest BCUT2D eigenvalue weighted by Gasteiger charge is -2.07. The molecule has 0 bridgehead atoms. The van der Waals surface area contributed by atoms with Gasteiger partial charge in [0.1, 0.15) is 0 Å². The van der Waals surface area contributed by atoms with Crippen LogP contribution < -0.4 is 10.9 Å². The van der Waals surface area contributed by atoms with Crippen LogP contribution >= 0.6 is 23.2 Å². The molecule has 0 fully saturated rings. The standard InChI is InChI=1S/C17H14Cl2N2O2/c1-11-2-4-12(5-3-11)6-9-16(22)20-21-17(23)14-8-7-13(18)10-15(14)19/h2-10H,1H3,(H,20,22)(H,21,23). The van der Waals surface area contributed by atoms with Crippen molar-refractivity contribution in [2.24, 2.45) is 0 Å². The largest absolute Gasteiger partial charge is 0.271 e. The molecule has 23 heavy (non-hydrogen) atoms. The number of aryl methyl sites for hydroxylation is 1. The van der Waals surface area contributed by atoms with Crippen LogP contribution in [0.3, 0.4) is 0 Å². The molecule has 0 aliphatic carbocycles. The maximum atomic E-state index is 11.9. The summed E-state index contributed by atoms with van der Waals surface area (Å²) in [6.45, 7) is 1.98. The SMILES string of the molecule is Cc1ccc(C=CC(=O)NNC(=O)c2ccc(Cl)cc2Cl)cc1. The summed E-state index contributed by atoms with van der Waals surface area (Å²) >= 11 is 11.7. The predicted molar refractivity (Wildman–Crippen MR) is 92.3 cm³/mol. The van der Waals surface area contributed by atoms with Crippen LogP contribution in [0.1, 0.15) is 21.5 Å². The van der Waals surface area contributed by atoms with E-state index in [1.165, 1.54) is 18.2 Å². The Kier molecular flexibility index (Phi) is 5.79. The molecule has 2 N–H and O–H groups in total. The molecule has 0 heterocycles. The normalized spacial score (nSPS) is 10.6. The molecule has 0 radical (unpaired) electrons. The summed E-state index contributed by atoms with van der Waals surface area (Å²) in [5.41, 5.74) is 6.82. The van der Waals surface area contributed by atoms with Crippen molar-refractivity contribution >= 4 is 41.1 Å². The summed E-state index contributed by atoms with van der Waals surface area (Å²) in [6.07, 6.45) is 2.98. The second-order valence-corrected chi connectivity index (χ2v) is 5.66. The highest BCUT2D eigenvalue weighted by molar-refractivity contribution is 6.36. The van der Waals surface area contributed by atoms with Gasteiger partial charge in [-0.25, -0.2) is 0 Å². The van der Waals surface area contributed by atoms with E-state index in [9.17, 15) is 9.59 Å². The Morgan fingerprint density at radius 2 is 1.70 bits per heavy atom. The van der Waals surface area contributed by atoms with Crippen molar-refractivity contribution in [1.29, 1.82) is 0 Å². The zero-order valence-corrected chi connectivity index (χ0v) is 13.8. The van der Waals surface area contributed by atoms with E-state index in [0.717, 1.165) is 11.1 Å². The van der Waals surface area contributed by atoms with Crippen molar-refractivity contribution in [3.05, 3.63) is 75.3 Å². The molecule has 0 aliphatic rings. The molecular formula is C17H14Cl2N2O2. The first kappa shape index (κ1) is 17.1. The zero-order chi connectivity index (χ0) is 16.8. The van der Waals surface area contributed by atoms with Crippen LogP contribution in [0.15, 0.2) is 48.5 Å². The molecule has 0 saturated carbocycles. The summed E-state index contributed by atoms with van der Waals surface area (Å²) in [5.74, 6) is -0.979. The van der Waals surface area contributed by atoms with Crippen molar-refractivity contribution in [3.8, 4) is 0 Å². The van der Waals surface area contributed by atoms with Gasteiger partial charge in [0.15, 0.2) is 0 Å². The van der Waals surface area contributed by atoms with Crippen LogP contribution in [0.4, 0.5) is 0 Å². The molecule has 2 amide bonds. The Balaban J connectivity index is 1.91. The van der Waals surface area contributed by atoms with E-state index < -0.39 is 11.8 Å². The molecule has 4 nitrogen and oxygen atoms in total. The van der Waals surface area contributed by atoms with Gasteiger partial charge in [-0.1, -0.05) is 53.0 Å². The van der Waals surface area contributed by atoms with Crippen LogP contribution in [-0.4, -0.2) is 11.8 Å². The fourth-order valence-electron chi connectivity index (χ4n) is 1.75. The highest BCUT2D eigenvalue weighted by Crippen LogP contribution is 2.20. The average molecular weight is 349 g/mol. The van der Waals surface area contributed by atoms with Gasteiger partial charge in [-0.15, -0.1) is 0 Å². The van der Waals surface area contributed by atoms with E-state index in [1.807, 2.05) is 31.2 Å². The van der Waals surface area contributed by atoms with E-state index in [0.29, 0.717) is 5.02 Å². The van der Waals surface area contributed by atoms with Crippen molar-refractivity contribution in [2.45, 2.75) is 6.92 Å². The fourth-order valence-corrected chi connectivity index (χ4v) is 2.24. The van der Waals surface area contributed by atoms with E-state index in [-0.39, 0.29) is 10.6 Å². The third-order valence-electron chi connectivity index (χ3n) is 2.98. The first-order valence-corrected chi connectivity index (χ1v) is 7.51. The molecule has 0 aliphatic heterocycles. The van der Waals surface area contributed by atoms with Gasteiger partial charge in [-0.2, -0.15) is 0 Å². The highest BCUT2D eigenvalue weighted by atomic mass is 35.5. The second kappa shape index (κ2) is 7.81. The van der Waals surface area contributed by atoms with Gasteiger partial charge in [0.25, 0.3) is 11.8 Å². The first-order chi connectivity index (χ1) is 11.0. The summed E-state index contributed by atoms with van der Waals surface area (Å²) in [6, 6.07) is 12.2. The molecule has 0 aromatic heterocycles. The summed E-state index contributed by atoms with van der Waals surface area (Å²) in [5, 5.41) is 0.635. The van der Waals surface area contributed by atoms with Gasteiger partial charge in [0.2, 0.25) is 0 Å². The van der Waals surface area contributed by atoms with Crippen molar-refractivity contribution < 1.29 is 9.59 Å². The number of hydrogen-bond acceptors (Lipinski definition) is 2. The monoisotopic (exact) mass is 348 g/mol. The topological polar surface area (TPSA) is 58.2 Å². The first-order valence-electron chi connectivity index (χ1n) is 6.76. The molecule has 0 saturated heterocycles. The predicted octanol–water partition coefficient (Wildman–Crippen LogP) is 3.78. The molecule has 6 heteroatoms. The summed E-state index contributed by atoms with van der Waals surface area (Å²) < 4.78 is 0. The fraction of sp³-hybridized carbons (Fsp3) is 0.0588. The maximum absolute atomic E-state index is 11.9. The quantitative estimate of drug-likeness (QED) is 0.655. The number of carbonyl (C=O) groups excluding carboxylic acids is 2. The van der Waals surface area contributed by atoms with Crippen LogP contribution in [0.25, 0.3) is 6.08 Å². The van der Waals surface area contributed by atoms with Gasteiger partial charge in [0, 0.05) is 11.1 Å². The molecule has 2 aromatic rings. The van der Waals surface area contributed by atoms with E-state index >= 15 is 0 Å². The van der Waals surface area contributed by atoms with E-state index in [4.69, 9.17) is 23.2 Å². The van der Waals surface area contributed by atoms with Crippen molar-refractivity contribution in [3.63, 3.8) is 0 Å². The highest BCUT2D eigenvalue weighted by Gasteiger charge is 2.10. The van der Waals surface area contributed by atoms with Gasteiger partial charge < -0.3 is 0 Å². The minimum absolute atomic E-state index is 0.208. The van der Waals surface area contributed by atoms with Crippen LogP contribution in [-0.2, 0) is 4.79 Å². The van der Waals surface area contributed by atoms with Crippen molar-refractivity contribution in [1.82, 2.24) is 10.9 Å². The Morgan fingerprint density at radius 1 is 1.00 bits per heavy atom. The molecular weight excluding hydrogens is 335 g/mol. The average Bonchev–Trinajstić information content (AvgIpc) is 2.52. The Labute approximate surface area is 144 Å². The van der Waals surface area contributed by atoms with Crippen LogP contribution in [0, 0.1) is 6.92 Å². The number of carbonyl (C=O) groups is 2. The van der Waals surface area contributed by atoms with Gasteiger partial charge in [0.05, 0.1) is 10.6 Å². The number of amides is 2. The Hall–Kier alpha value is -2.30. The number of hydrogen-bond donors (Lipinski definition) is 2. The molecule has 0 spiro atoms. The molecule has 0 unspecified atom stereocenters. The number of rotatable bonds is 3. The Bertz CT molecular complexity index is 756. The minimum Gasteiger partial charge on any atom is -0.268 e. The number of benzene rings is 2. The third kappa shape index (κ3) is 5.13. The maximum Gasteiger partial charge on any atom is 0.271 e. The lowest BCUT2D eigenvalue weighted by atomic mass is 10.1. The van der Waals surface area contributed by atoms with Crippen molar-refractivity contribution in [2.75, 3.05) is 0 Å². The van der Waals surface area contributed by atoms with E-state index in [1.54, 1.807) is 12.1 Å². The van der Waals surface area contributed by atoms with E-state index in [2.05, 4.69) is 10.9 Å². The number of halogens is 2. The molecule has 2 aromatic carbocycles. The van der Waals surface area contributed by atoms with Gasteiger partial charge in [-0.3, -0.25) is 20.4 Å². The zero-order valence-electron chi connectivity index (χ0n) is 12.3. The molecule has 0 atom stereocenters. The second-order valence-electron chi connectivity index (χ2n) is 4.81. The van der Waals surface area contributed by atoms with Crippen LogP contribution in [0.2, 0.25) is 10.0 Å². The van der Waals surface area contributed by atoms with Gasteiger partial charge >= 0.3 is 0 Å². The summed E-state index contributed by atoms with van der Waals surface area (Å²) in [7, 11) is 0. The lowest BCUT2D eigenvalue weighted by molar-refractivity contribution is -0.117. The van der Waals surface area contributed by atoms with Gasteiger partial charge in [-0.05, 0) is 36.8 Å². The van der Waals surface area contributed by atoms with Crippen LogP contribution in [0.5, 0.6) is 0 Å². The number of nitrogens with one attached hydrogen (secondary N) is 2. The Morgan fingerprint density at radius 3 is 2.35 bits per heavy atom. The molecule has 2 rings (SSSR count). The third-order valence-corrected chi connectivity index (χ3v) is 3.53.